The summed E-state index contributed by atoms with van der Waals surface area (Å²) in [7, 11) is 1.73. The number of hydrogen-bond acceptors (Lipinski definition) is 5. The monoisotopic (exact) mass is 417 g/mol. The van der Waals surface area contributed by atoms with Gasteiger partial charge in [0.1, 0.15) is 6.61 Å². The maximum Gasteiger partial charge on any atom is 0.321 e. The largest absolute Gasteiger partial charge is 0.486 e. The van der Waals surface area contributed by atoms with Gasteiger partial charge in [-0.3, -0.25) is 0 Å². The molecule has 1 fully saturated rings. The first-order valence-electron chi connectivity index (χ1n) is 9.63. The molecule has 0 unspecified atom stereocenters. The minimum Gasteiger partial charge on any atom is -0.486 e. The van der Waals surface area contributed by atoms with E-state index in [0.29, 0.717) is 42.8 Å². The number of likely N-dealkylation sites (N-methyl/N-ethyl adjacent to an activating group) is 1. The average Bonchev–Trinajstić information content (AvgIpc) is 2.74. The van der Waals surface area contributed by atoms with Crippen LogP contribution in [0.3, 0.4) is 0 Å². The van der Waals surface area contributed by atoms with Crippen LogP contribution < -0.4 is 19.7 Å². The Kier molecular flexibility index (Phi) is 5.97. The van der Waals surface area contributed by atoms with Crippen LogP contribution >= 0.6 is 11.6 Å². The van der Waals surface area contributed by atoms with Crippen LogP contribution in [0, 0.1) is 0 Å². The highest BCUT2D eigenvalue weighted by atomic mass is 35.5. The Bertz CT molecular complexity index is 873. The van der Waals surface area contributed by atoms with Gasteiger partial charge in [-0.15, -0.1) is 0 Å². The number of nitrogens with zero attached hydrogens (tertiary/aromatic N) is 2. The summed E-state index contributed by atoms with van der Waals surface area (Å²) in [4.78, 5) is 16.6. The third-order valence-electron chi connectivity index (χ3n) is 4.94. The lowest BCUT2D eigenvalue weighted by molar-refractivity contribution is 0.0731. The van der Waals surface area contributed by atoms with Gasteiger partial charge >= 0.3 is 6.03 Å². The fourth-order valence-electron chi connectivity index (χ4n) is 3.44. The molecule has 0 bridgehead atoms. The van der Waals surface area contributed by atoms with Crippen molar-refractivity contribution in [3.05, 3.63) is 47.5 Å². The summed E-state index contributed by atoms with van der Waals surface area (Å²) < 4.78 is 17.1. The lowest BCUT2D eigenvalue weighted by atomic mass is 10.2. The Hall–Kier alpha value is -2.64. The summed E-state index contributed by atoms with van der Waals surface area (Å²) in [6.45, 7) is 3.66. The maximum atomic E-state index is 12.8. The van der Waals surface area contributed by atoms with E-state index in [-0.39, 0.29) is 12.1 Å². The third-order valence-corrected chi connectivity index (χ3v) is 5.18. The van der Waals surface area contributed by atoms with Crippen LogP contribution in [-0.2, 0) is 4.74 Å². The summed E-state index contributed by atoms with van der Waals surface area (Å²) >= 11 is 6.18. The first kappa shape index (κ1) is 19.7. The molecular weight excluding hydrogens is 394 g/mol. The van der Waals surface area contributed by atoms with E-state index >= 15 is 0 Å². The zero-order chi connectivity index (χ0) is 20.2. The van der Waals surface area contributed by atoms with Crippen molar-refractivity contribution in [1.82, 2.24) is 4.90 Å². The Balaban J connectivity index is 1.41. The topological polar surface area (TPSA) is 63.3 Å². The van der Waals surface area contributed by atoms with Gasteiger partial charge in [0.2, 0.25) is 0 Å². The summed E-state index contributed by atoms with van der Waals surface area (Å²) in [6, 6.07) is 12.8. The number of para-hydroxylation sites is 2. The van der Waals surface area contributed by atoms with Crippen molar-refractivity contribution in [1.29, 1.82) is 0 Å². The molecule has 0 aromatic heterocycles. The molecule has 7 nitrogen and oxygen atoms in total. The van der Waals surface area contributed by atoms with E-state index in [2.05, 4.69) is 10.2 Å². The minimum atomic E-state index is -0.237. The van der Waals surface area contributed by atoms with E-state index in [1.807, 2.05) is 36.4 Å². The molecular formula is C21H24ClN3O4. The molecule has 8 heteroatoms. The Morgan fingerprint density at radius 3 is 2.76 bits per heavy atom. The van der Waals surface area contributed by atoms with E-state index in [4.69, 9.17) is 25.8 Å². The molecule has 2 aliphatic rings. The van der Waals surface area contributed by atoms with Crippen LogP contribution in [-0.4, -0.2) is 63.5 Å². The summed E-state index contributed by atoms with van der Waals surface area (Å²) in [5, 5.41) is 3.55. The number of carbonyl (C=O) groups excluding carboxylic acids is 1. The van der Waals surface area contributed by atoms with Gasteiger partial charge in [-0.1, -0.05) is 23.7 Å². The molecule has 0 spiro atoms. The molecule has 0 saturated carbocycles. The number of benzene rings is 2. The number of urea groups is 1. The van der Waals surface area contributed by atoms with Crippen LogP contribution in [0.5, 0.6) is 11.5 Å². The highest BCUT2D eigenvalue weighted by molar-refractivity contribution is 6.31. The number of amides is 2. The molecule has 2 aromatic rings. The second kappa shape index (κ2) is 8.80. The summed E-state index contributed by atoms with van der Waals surface area (Å²) in [5.74, 6) is 1.42. The van der Waals surface area contributed by atoms with Gasteiger partial charge in [-0.2, -0.15) is 0 Å². The number of morpholine rings is 1. The SMILES string of the molecule is CN(C[C@@H]1COc2ccccc2O1)C(=O)Nc1cc(Cl)ccc1N1CCOCC1. The lowest BCUT2D eigenvalue weighted by Gasteiger charge is -2.32. The third kappa shape index (κ3) is 4.68. The molecule has 0 radical (unpaired) electrons. The van der Waals surface area contributed by atoms with Crippen LogP contribution in [0.4, 0.5) is 16.2 Å². The lowest BCUT2D eigenvalue weighted by Crippen LogP contribution is -2.43. The van der Waals surface area contributed by atoms with Crippen molar-refractivity contribution in [2.24, 2.45) is 0 Å². The molecule has 2 amide bonds. The van der Waals surface area contributed by atoms with E-state index in [1.54, 1.807) is 18.0 Å². The van der Waals surface area contributed by atoms with Crippen LogP contribution in [0.1, 0.15) is 0 Å². The van der Waals surface area contributed by atoms with Gasteiger partial charge in [0.15, 0.2) is 17.6 Å². The number of nitrogens with one attached hydrogen (secondary N) is 1. The number of rotatable bonds is 4. The van der Waals surface area contributed by atoms with Gasteiger partial charge < -0.3 is 29.3 Å². The highest BCUT2D eigenvalue weighted by Gasteiger charge is 2.24. The van der Waals surface area contributed by atoms with Crippen LogP contribution in [0.25, 0.3) is 0 Å². The van der Waals surface area contributed by atoms with Crippen molar-refractivity contribution in [3.63, 3.8) is 0 Å². The van der Waals surface area contributed by atoms with E-state index in [1.165, 1.54) is 0 Å². The summed E-state index contributed by atoms with van der Waals surface area (Å²) in [6.07, 6.45) is -0.237. The smallest absolute Gasteiger partial charge is 0.321 e. The molecule has 154 valence electrons. The van der Waals surface area contributed by atoms with Crippen molar-refractivity contribution in [2.75, 3.05) is 56.7 Å². The molecule has 1 atom stereocenters. The molecule has 29 heavy (non-hydrogen) atoms. The summed E-state index contributed by atoms with van der Waals surface area (Å²) in [5.41, 5.74) is 1.62. The maximum absolute atomic E-state index is 12.8. The van der Waals surface area contributed by atoms with E-state index < -0.39 is 0 Å². The second-order valence-electron chi connectivity index (χ2n) is 7.07. The number of anilines is 2. The van der Waals surface area contributed by atoms with Gasteiger partial charge in [0.25, 0.3) is 0 Å². The molecule has 4 rings (SSSR count). The van der Waals surface area contributed by atoms with Gasteiger partial charge in [-0.25, -0.2) is 4.79 Å². The van der Waals surface area contributed by atoms with Gasteiger partial charge in [-0.05, 0) is 30.3 Å². The first-order chi connectivity index (χ1) is 14.1. The fourth-order valence-corrected chi connectivity index (χ4v) is 3.61. The Morgan fingerprint density at radius 1 is 1.21 bits per heavy atom. The van der Waals surface area contributed by atoms with Gasteiger partial charge in [0.05, 0.1) is 31.1 Å². The molecule has 2 aliphatic heterocycles. The van der Waals surface area contributed by atoms with Crippen LogP contribution in [0.15, 0.2) is 42.5 Å². The fraction of sp³-hybridized carbons (Fsp3) is 0.381. The molecule has 1 N–H and O–H groups in total. The Labute approximate surface area is 175 Å². The quantitative estimate of drug-likeness (QED) is 0.825. The number of halogens is 1. The van der Waals surface area contributed by atoms with Crippen LogP contribution in [0.2, 0.25) is 5.02 Å². The highest BCUT2D eigenvalue weighted by Crippen LogP contribution is 2.32. The minimum absolute atomic E-state index is 0.232. The Morgan fingerprint density at radius 2 is 1.97 bits per heavy atom. The van der Waals surface area contributed by atoms with Crippen molar-refractivity contribution < 1.29 is 19.0 Å². The molecule has 2 heterocycles. The average molecular weight is 418 g/mol. The molecule has 0 aliphatic carbocycles. The van der Waals surface area contributed by atoms with Crippen molar-refractivity contribution >= 4 is 29.0 Å². The van der Waals surface area contributed by atoms with Crippen molar-refractivity contribution in [2.45, 2.75) is 6.10 Å². The standard InChI is InChI=1S/C21H24ClN3O4/c1-24(13-16-14-28-19-4-2-3-5-20(19)29-16)21(26)23-17-12-15(22)6-7-18(17)25-8-10-27-11-9-25/h2-7,12,16H,8-11,13-14H2,1H3,(H,23,26)/t16-/m1/s1. The van der Waals surface area contributed by atoms with Crippen molar-refractivity contribution in [3.8, 4) is 11.5 Å². The number of ether oxygens (including phenoxy) is 3. The zero-order valence-electron chi connectivity index (χ0n) is 16.3. The van der Waals surface area contributed by atoms with Gasteiger partial charge in [0, 0.05) is 25.2 Å². The number of carbonyl (C=O) groups is 1. The first-order valence-corrected chi connectivity index (χ1v) is 10.0. The van der Waals surface area contributed by atoms with E-state index in [9.17, 15) is 4.79 Å². The normalized spacial score (nSPS) is 18.3. The van der Waals surface area contributed by atoms with E-state index in [0.717, 1.165) is 24.5 Å². The second-order valence-corrected chi connectivity index (χ2v) is 7.51. The number of hydrogen-bond donors (Lipinski definition) is 1. The predicted molar refractivity (Wildman–Crippen MR) is 112 cm³/mol. The predicted octanol–water partition coefficient (Wildman–Crippen LogP) is 3.48. The number of fused-ring (bicyclic) bond motifs is 1. The molecule has 2 aromatic carbocycles. The molecule has 1 saturated heterocycles. The zero-order valence-corrected chi connectivity index (χ0v) is 17.0.